The maximum atomic E-state index is 11.8. The molecule has 116 valence electrons. The van der Waals surface area contributed by atoms with Crippen LogP contribution in [-0.4, -0.2) is 50.2 Å². The van der Waals surface area contributed by atoms with Gasteiger partial charge < -0.3 is 20.9 Å². The number of hydrogen-bond acceptors (Lipinski definition) is 3. The van der Waals surface area contributed by atoms with Gasteiger partial charge in [-0.15, -0.1) is 0 Å². The molecule has 7 heteroatoms. The molecular weight excluding hydrogens is 311 g/mol. The van der Waals surface area contributed by atoms with Crippen molar-refractivity contribution in [3.63, 3.8) is 0 Å². The highest BCUT2D eigenvalue weighted by Crippen LogP contribution is 2.25. The van der Waals surface area contributed by atoms with Gasteiger partial charge in [0.05, 0.1) is 10.7 Å². The summed E-state index contributed by atoms with van der Waals surface area (Å²) in [6.45, 7) is 5.87. The van der Waals surface area contributed by atoms with Gasteiger partial charge in [0.1, 0.15) is 0 Å². The van der Waals surface area contributed by atoms with Crippen LogP contribution in [0.2, 0.25) is 10.0 Å². The van der Waals surface area contributed by atoms with Crippen molar-refractivity contribution in [3.05, 3.63) is 28.2 Å². The molecule has 0 unspecified atom stereocenters. The third kappa shape index (κ3) is 5.71. The SMILES string of the molecule is O=C(NCCCN1CCNCC1)Nc1cc(Cl)ccc1Cl. The minimum Gasteiger partial charge on any atom is -0.338 e. The normalized spacial score (nSPS) is 15.7. The highest BCUT2D eigenvalue weighted by molar-refractivity contribution is 6.35. The molecule has 0 saturated carbocycles. The first-order chi connectivity index (χ1) is 10.1. The van der Waals surface area contributed by atoms with Crippen LogP contribution in [0, 0.1) is 0 Å². The van der Waals surface area contributed by atoms with Crippen molar-refractivity contribution in [1.82, 2.24) is 15.5 Å². The number of nitrogens with one attached hydrogen (secondary N) is 3. The van der Waals surface area contributed by atoms with Crippen LogP contribution in [0.1, 0.15) is 6.42 Å². The molecule has 2 rings (SSSR count). The average Bonchev–Trinajstić information content (AvgIpc) is 2.48. The first-order valence-corrected chi connectivity index (χ1v) is 7.84. The molecule has 2 amide bonds. The fourth-order valence-corrected chi connectivity index (χ4v) is 2.54. The van der Waals surface area contributed by atoms with Gasteiger partial charge in [-0.25, -0.2) is 4.79 Å². The molecule has 5 nitrogen and oxygen atoms in total. The van der Waals surface area contributed by atoms with E-state index < -0.39 is 0 Å². The van der Waals surface area contributed by atoms with E-state index in [9.17, 15) is 4.79 Å². The fourth-order valence-electron chi connectivity index (χ4n) is 2.20. The Kier molecular flexibility index (Phi) is 6.57. The molecular formula is C14H20Cl2N4O. The standard InChI is InChI=1S/C14H20Cl2N4O/c15-11-2-3-12(16)13(10-11)19-14(21)18-4-1-7-20-8-5-17-6-9-20/h2-3,10,17H,1,4-9H2,(H2,18,19,21). The molecule has 3 N–H and O–H groups in total. The molecule has 1 aliphatic heterocycles. The van der Waals surface area contributed by atoms with Crippen molar-refractivity contribution < 1.29 is 4.79 Å². The van der Waals surface area contributed by atoms with Crippen LogP contribution in [0.5, 0.6) is 0 Å². The maximum absolute atomic E-state index is 11.8. The predicted molar refractivity (Wildman–Crippen MR) is 87.4 cm³/mol. The summed E-state index contributed by atoms with van der Waals surface area (Å²) < 4.78 is 0. The quantitative estimate of drug-likeness (QED) is 0.727. The van der Waals surface area contributed by atoms with Crippen molar-refractivity contribution in [3.8, 4) is 0 Å². The first kappa shape index (κ1) is 16.4. The predicted octanol–water partition coefficient (Wildman–Crippen LogP) is 2.41. The molecule has 1 aromatic rings. The van der Waals surface area contributed by atoms with Crippen molar-refractivity contribution in [2.45, 2.75) is 6.42 Å². The first-order valence-electron chi connectivity index (χ1n) is 7.08. The molecule has 1 saturated heterocycles. The number of benzene rings is 1. The Hall–Kier alpha value is -1.01. The van der Waals surface area contributed by atoms with E-state index in [0.717, 1.165) is 39.1 Å². The number of rotatable bonds is 5. The lowest BCUT2D eigenvalue weighted by molar-refractivity contribution is 0.234. The van der Waals surface area contributed by atoms with E-state index >= 15 is 0 Å². The van der Waals surface area contributed by atoms with Gasteiger partial charge >= 0.3 is 6.03 Å². The monoisotopic (exact) mass is 330 g/mol. The number of anilines is 1. The molecule has 21 heavy (non-hydrogen) atoms. The smallest absolute Gasteiger partial charge is 0.319 e. The van der Waals surface area contributed by atoms with E-state index in [0.29, 0.717) is 22.3 Å². The van der Waals surface area contributed by atoms with Gasteiger partial charge in [0.2, 0.25) is 0 Å². The van der Waals surface area contributed by atoms with Gasteiger partial charge in [-0.2, -0.15) is 0 Å². The lowest BCUT2D eigenvalue weighted by atomic mass is 10.3. The van der Waals surface area contributed by atoms with Crippen molar-refractivity contribution >= 4 is 34.9 Å². The summed E-state index contributed by atoms with van der Waals surface area (Å²) in [5.41, 5.74) is 0.517. The Morgan fingerprint density at radius 2 is 2.05 bits per heavy atom. The molecule has 0 atom stereocenters. The summed E-state index contributed by atoms with van der Waals surface area (Å²) >= 11 is 11.9. The Bertz CT molecular complexity index is 478. The number of carbonyl (C=O) groups excluding carboxylic acids is 1. The zero-order chi connectivity index (χ0) is 15.1. The molecule has 1 heterocycles. The van der Waals surface area contributed by atoms with Crippen molar-refractivity contribution in [1.29, 1.82) is 0 Å². The summed E-state index contributed by atoms with van der Waals surface area (Å²) in [5, 5.41) is 9.84. The Morgan fingerprint density at radius 3 is 2.81 bits per heavy atom. The molecule has 1 aliphatic rings. The maximum Gasteiger partial charge on any atom is 0.319 e. The zero-order valence-corrected chi connectivity index (χ0v) is 13.3. The molecule has 0 radical (unpaired) electrons. The van der Waals surface area contributed by atoms with E-state index in [4.69, 9.17) is 23.2 Å². The second kappa shape index (κ2) is 8.44. The fraction of sp³-hybridized carbons (Fsp3) is 0.500. The van der Waals surface area contributed by atoms with Gasteiger partial charge in [0.25, 0.3) is 0 Å². The van der Waals surface area contributed by atoms with Gasteiger partial charge in [0, 0.05) is 37.7 Å². The second-order valence-electron chi connectivity index (χ2n) is 4.95. The summed E-state index contributed by atoms with van der Waals surface area (Å²) in [7, 11) is 0. The molecule has 0 bridgehead atoms. The lowest BCUT2D eigenvalue weighted by Crippen LogP contribution is -2.44. The van der Waals surface area contributed by atoms with E-state index in [-0.39, 0.29) is 6.03 Å². The topological polar surface area (TPSA) is 56.4 Å². The number of piperazine rings is 1. The Morgan fingerprint density at radius 1 is 1.29 bits per heavy atom. The second-order valence-corrected chi connectivity index (χ2v) is 5.79. The van der Waals surface area contributed by atoms with Crippen LogP contribution in [0.4, 0.5) is 10.5 Å². The van der Waals surface area contributed by atoms with E-state index in [1.165, 1.54) is 0 Å². The Labute approximate surface area is 135 Å². The van der Waals surface area contributed by atoms with Crippen molar-refractivity contribution in [2.24, 2.45) is 0 Å². The summed E-state index contributed by atoms with van der Waals surface area (Å²) in [6.07, 6.45) is 0.927. The number of carbonyl (C=O) groups is 1. The van der Waals surface area contributed by atoms with Crippen LogP contribution in [-0.2, 0) is 0 Å². The third-order valence-electron chi connectivity index (χ3n) is 3.32. The molecule has 1 aromatic carbocycles. The average molecular weight is 331 g/mol. The number of nitrogens with zero attached hydrogens (tertiary/aromatic N) is 1. The largest absolute Gasteiger partial charge is 0.338 e. The molecule has 0 aromatic heterocycles. The van der Waals surface area contributed by atoms with E-state index in [2.05, 4.69) is 20.9 Å². The van der Waals surface area contributed by atoms with Gasteiger partial charge in [-0.3, -0.25) is 0 Å². The number of amides is 2. The van der Waals surface area contributed by atoms with Gasteiger partial charge in [0.15, 0.2) is 0 Å². The van der Waals surface area contributed by atoms with Gasteiger partial charge in [-0.05, 0) is 31.2 Å². The molecule has 1 fully saturated rings. The highest BCUT2D eigenvalue weighted by atomic mass is 35.5. The van der Waals surface area contributed by atoms with Crippen LogP contribution in [0.3, 0.4) is 0 Å². The summed E-state index contributed by atoms with van der Waals surface area (Å²) in [5.74, 6) is 0. The lowest BCUT2D eigenvalue weighted by Gasteiger charge is -2.27. The number of urea groups is 1. The number of halogens is 2. The minimum atomic E-state index is -0.264. The van der Waals surface area contributed by atoms with Crippen LogP contribution in [0.25, 0.3) is 0 Å². The molecule has 0 spiro atoms. The van der Waals surface area contributed by atoms with Crippen molar-refractivity contribution in [2.75, 3.05) is 44.6 Å². The summed E-state index contributed by atoms with van der Waals surface area (Å²) in [4.78, 5) is 14.2. The van der Waals surface area contributed by atoms with Crippen LogP contribution < -0.4 is 16.0 Å². The minimum absolute atomic E-state index is 0.264. The van der Waals surface area contributed by atoms with Gasteiger partial charge in [-0.1, -0.05) is 23.2 Å². The molecule has 0 aliphatic carbocycles. The number of hydrogen-bond donors (Lipinski definition) is 3. The van der Waals surface area contributed by atoms with Crippen LogP contribution >= 0.6 is 23.2 Å². The van der Waals surface area contributed by atoms with Crippen LogP contribution in [0.15, 0.2) is 18.2 Å². The highest BCUT2D eigenvalue weighted by Gasteiger charge is 2.09. The third-order valence-corrected chi connectivity index (χ3v) is 3.89. The summed E-state index contributed by atoms with van der Waals surface area (Å²) in [6, 6.07) is 4.70. The Balaban J connectivity index is 1.66. The zero-order valence-electron chi connectivity index (χ0n) is 11.8. The van der Waals surface area contributed by atoms with E-state index in [1.54, 1.807) is 18.2 Å². The van der Waals surface area contributed by atoms with E-state index in [1.807, 2.05) is 0 Å².